The molecule has 1 aromatic heterocycles. The predicted octanol–water partition coefficient (Wildman–Crippen LogP) is 3.13. The SMILES string of the molecule is Cc1[nH]c(=S)sc1CC(=O)NCCOc1ccc(F)cc1F. The third kappa shape index (κ3) is 4.60. The van der Waals surface area contributed by atoms with E-state index in [1.54, 1.807) is 0 Å². The van der Waals surface area contributed by atoms with E-state index in [-0.39, 0.29) is 31.2 Å². The minimum absolute atomic E-state index is 0.0462. The average molecular weight is 344 g/mol. The lowest BCUT2D eigenvalue weighted by Crippen LogP contribution is -2.29. The zero-order valence-electron chi connectivity index (χ0n) is 11.7. The minimum atomic E-state index is -0.769. The fraction of sp³-hybridized carbons (Fsp3) is 0.286. The summed E-state index contributed by atoms with van der Waals surface area (Å²) in [5, 5.41) is 2.67. The first-order valence-corrected chi connectivity index (χ1v) is 7.71. The van der Waals surface area contributed by atoms with Gasteiger partial charge in [-0.25, -0.2) is 8.78 Å². The summed E-state index contributed by atoms with van der Waals surface area (Å²) in [4.78, 5) is 15.6. The van der Waals surface area contributed by atoms with Gasteiger partial charge in [-0.2, -0.15) is 0 Å². The van der Waals surface area contributed by atoms with Gasteiger partial charge in [-0.3, -0.25) is 4.79 Å². The van der Waals surface area contributed by atoms with Gasteiger partial charge in [-0.05, 0) is 31.3 Å². The quantitative estimate of drug-likeness (QED) is 0.625. The lowest BCUT2D eigenvalue weighted by atomic mass is 10.3. The van der Waals surface area contributed by atoms with E-state index in [0.29, 0.717) is 3.95 Å². The van der Waals surface area contributed by atoms with E-state index < -0.39 is 11.6 Å². The molecule has 0 aliphatic heterocycles. The first-order chi connectivity index (χ1) is 10.5. The summed E-state index contributed by atoms with van der Waals surface area (Å²) in [7, 11) is 0. The van der Waals surface area contributed by atoms with Gasteiger partial charge < -0.3 is 15.0 Å². The Morgan fingerprint density at radius 3 is 2.86 bits per heavy atom. The van der Waals surface area contributed by atoms with Gasteiger partial charge in [0.15, 0.2) is 15.5 Å². The van der Waals surface area contributed by atoms with Gasteiger partial charge in [-0.15, -0.1) is 11.3 Å². The number of hydrogen-bond donors (Lipinski definition) is 2. The maximum absolute atomic E-state index is 13.3. The number of ether oxygens (including phenoxy) is 1. The van der Waals surface area contributed by atoms with Gasteiger partial charge in [0.05, 0.1) is 13.0 Å². The third-order valence-electron chi connectivity index (χ3n) is 2.82. The van der Waals surface area contributed by atoms with E-state index in [1.165, 1.54) is 17.4 Å². The first kappa shape index (κ1) is 16.6. The van der Waals surface area contributed by atoms with E-state index in [1.807, 2.05) is 6.92 Å². The molecule has 0 spiro atoms. The number of carbonyl (C=O) groups excluding carboxylic acids is 1. The molecule has 4 nitrogen and oxygen atoms in total. The highest BCUT2D eigenvalue weighted by atomic mass is 32.1. The highest BCUT2D eigenvalue weighted by Gasteiger charge is 2.09. The monoisotopic (exact) mass is 344 g/mol. The van der Waals surface area contributed by atoms with E-state index in [9.17, 15) is 13.6 Å². The Morgan fingerprint density at radius 1 is 1.45 bits per heavy atom. The zero-order chi connectivity index (χ0) is 16.1. The van der Waals surface area contributed by atoms with Gasteiger partial charge in [0.25, 0.3) is 0 Å². The summed E-state index contributed by atoms with van der Waals surface area (Å²) < 4.78 is 31.8. The van der Waals surface area contributed by atoms with Crippen molar-refractivity contribution in [1.82, 2.24) is 10.3 Å². The molecule has 0 atom stereocenters. The molecule has 1 aromatic carbocycles. The number of hydrogen-bond acceptors (Lipinski definition) is 4. The molecule has 0 saturated heterocycles. The predicted molar refractivity (Wildman–Crippen MR) is 82.8 cm³/mol. The van der Waals surface area contributed by atoms with Crippen molar-refractivity contribution in [3.63, 3.8) is 0 Å². The van der Waals surface area contributed by atoms with Crippen LogP contribution in [0.4, 0.5) is 8.78 Å². The fourth-order valence-corrected chi connectivity index (χ4v) is 3.05. The number of rotatable bonds is 6. The number of benzene rings is 1. The molecule has 1 amide bonds. The Bertz CT molecular complexity index is 728. The van der Waals surface area contributed by atoms with Crippen molar-refractivity contribution in [2.45, 2.75) is 13.3 Å². The summed E-state index contributed by atoms with van der Waals surface area (Å²) in [6, 6.07) is 3.07. The molecule has 0 aliphatic carbocycles. The topological polar surface area (TPSA) is 54.1 Å². The Kier molecular flexibility index (Phi) is 5.62. The van der Waals surface area contributed by atoms with Crippen molar-refractivity contribution in [2.24, 2.45) is 0 Å². The van der Waals surface area contributed by atoms with Crippen molar-refractivity contribution in [1.29, 1.82) is 0 Å². The van der Waals surface area contributed by atoms with Crippen LogP contribution in [0.3, 0.4) is 0 Å². The third-order valence-corrected chi connectivity index (χ3v) is 4.16. The molecule has 0 saturated carbocycles. The van der Waals surface area contributed by atoms with Gasteiger partial charge in [0.2, 0.25) is 5.91 Å². The van der Waals surface area contributed by atoms with Crippen LogP contribution in [-0.2, 0) is 11.2 Å². The lowest BCUT2D eigenvalue weighted by molar-refractivity contribution is -0.120. The molecule has 1 heterocycles. The number of thiazole rings is 1. The normalized spacial score (nSPS) is 10.5. The van der Waals surface area contributed by atoms with E-state index in [2.05, 4.69) is 10.3 Å². The fourth-order valence-electron chi connectivity index (χ4n) is 1.76. The van der Waals surface area contributed by atoms with Gasteiger partial charge >= 0.3 is 0 Å². The number of nitrogens with one attached hydrogen (secondary N) is 2. The van der Waals surface area contributed by atoms with Crippen LogP contribution in [0.5, 0.6) is 5.75 Å². The number of amides is 1. The van der Waals surface area contributed by atoms with E-state index in [4.69, 9.17) is 17.0 Å². The maximum Gasteiger partial charge on any atom is 0.225 e. The van der Waals surface area contributed by atoms with Crippen molar-refractivity contribution >= 4 is 29.5 Å². The molecule has 22 heavy (non-hydrogen) atoms. The van der Waals surface area contributed by atoms with Crippen LogP contribution in [0, 0.1) is 22.5 Å². The van der Waals surface area contributed by atoms with E-state index in [0.717, 1.165) is 22.7 Å². The molecule has 0 bridgehead atoms. The van der Waals surface area contributed by atoms with Gasteiger partial charge in [-0.1, -0.05) is 0 Å². The summed E-state index contributed by atoms with van der Waals surface area (Å²) in [6.45, 7) is 2.18. The summed E-state index contributed by atoms with van der Waals surface area (Å²) in [6.07, 6.45) is 0.231. The van der Waals surface area contributed by atoms with Crippen molar-refractivity contribution < 1.29 is 18.3 Å². The Morgan fingerprint density at radius 2 is 2.23 bits per heavy atom. The molecular formula is C14H14F2N2O2S2. The second-order valence-corrected chi connectivity index (χ2v) is 6.28. The molecule has 0 fully saturated rings. The second kappa shape index (κ2) is 7.46. The Labute approximate surface area is 135 Å². The molecule has 8 heteroatoms. The van der Waals surface area contributed by atoms with Crippen molar-refractivity contribution in [3.05, 3.63) is 44.4 Å². The molecule has 118 valence electrons. The van der Waals surface area contributed by atoms with Crippen LogP contribution in [0.2, 0.25) is 0 Å². The largest absolute Gasteiger partial charge is 0.489 e. The zero-order valence-corrected chi connectivity index (χ0v) is 13.4. The smallest absolute Gasteiger partial charge is 0.225 e. The molecule has 0 unspecified atom stereocenters. The maximum atomic E-state index is 13.3. The number of halogens is 2. The molecule has 0 radical (unpaired) electrons. The first-order valence-electron chi connectivity index (χ1n) is 6.49. The van der Waals surface area contributed by atoms with Crippen LogP contribution < -0.4 is 10.1 Å². The Hall–Kier alpha value is -1.80. The van der Waals surface area contributed by atoms with Crippen molar-refractivity contribution in [3.8, 4) is 5.75 Å². The van der Waals surface area contributed by atoms with Gasteiger partial charge in [0, 0.05) is 16.6 Å². The summed E-state index contributed by atoms with van der Waals surface area (Å²) in [5.74, 6) is -1.65. The standard InChI is InChI=1S/C14H14F2N2O2S2/c1-8-12(22-14(21)18-8)7-13(19)17-4-5-20-11-3-2-9(15)6-10(11)16/h2-3,6H,4-5,7H2,1H3,(H,17,19)(H,18,21). The molecule has 2 rings (SSSR count). The molecular weight excluding hydrogens is 330 g/mol. The molecule has 2 aromatic rings. The average Bonchev–Trinajstić information content (AvgIpc) is 2.75. The highest BCUT2D eigenvalue weighted by Crippen LogP contribution is 2.17. The van der Waals surface area contributed by atoms with Crippen molar-refractivity contribution in [2.75, 3.05) is 13.2 Å². The molecule has 2 N–H and O–H groups in total. The lowest BCUT2D eigenvalue weighted by Gasteiger charge is -2.08. The van der Waals surface area contributed by atoms with Crippen LogP contribution >= 0.6 is 23.6 Å². The van der Waals surface area contributed by atoms with Crippen LogP contribution in [-0.4, -0.2) is 24.0 Å². The summed E-state index contributed by atoms with van der Waals surface area (Å²) >= 11 is 6.37. The number of aromatic nitrogens is 1. The number of aromatic amines is 1. The minimum Gasteiger partial charge on any atom is -0.489 e. The second-order valence-electron chi connectivity index (χ2n) is 4.51. The number of H-pyrrole nitrogens is 1. The Balaban J connectivity index is 1.75. The number of carbonyl (C=O) groups is 1. The van der Waals surface area contributed by atoms with Crippen LogP contribution in [0.15, 0.2) is 18.2 Å². The summed E-state index contributed by atoms with van der Waals surface area (Å²) in [5.41, 5.74) is 0.884. The van der Waals surface area contributed by atoms with Crippen LogP contribution in [0.25, 0.3) is 0 Å². The highest BCUT2D eigenvalue weighted by molar-refractivity contribution is 7.73. The number of aryl methyl sites for hydroxylation is 1. The van der Waals surface area contributed by atoms with Crippen LogP contribution in [0.1, 0.15) is 10.6 Å². The van der Waals surface area contributed by atoms with Gasteiger partial charge in [0.1, 0.15) is 12.4 Å². The molecule has 0 aliphatic rings. The van der Waals surface area contributed by atoms with E-state index >= 15 is 0 Å².